The maximum absolute atomic E-state index is 11.2. The standard InChI is InChI=1S/C18H29N3O4/c1-5-19-18(20-9-8-17(22)24-4)21-13-15-7-6-14(2)12-16(15)25-11-10-23-3/h6-7,12H,5,8-11,13H2,1-4H3,(H2,19,20,21). The van der Waals surface area contributed by atoms with Gasteiger partial charge in [-0.1, -0.05) is 12.1 Å². The molecule has 25 heavy (non-hydrogen) atoms. The summed E-state index contributed by atoms with van der Waals surface area (Å²) in [6.45, 7) is 6.70. The van der Waals surface area contributed by atoms with Crippen LogP contribution in [0.5, 0.6) is 5.75 Å². The lowest BCUT2D eigenvalue weighted by Crippen LogP contribution is -2.38. The van der Waals surface area contributed by atoms with E-state index in [1.54, 1.807) is 7.11 Å². The summed E-state index contributed by atoms with van der Waals surface area (Å²) in [5.74, 6) is 1.21. The highest BCUT2D eigenvalue weighted by molar-refractivity contribution is 5.80. The monoisotopic (exact) mass is 351 g/mol. The van der Waals surface area contributed by atoms with Crippen molar-refractivity contribution in [2.75, 3.05) is 40.5 Å². The van der Waals surface area contributed by atoms with E-state index in [1.165, 1.54) is 7.11 Å². The van der Waals surface area contributed by atoms with Gasteiger partial charge in [0.2, 0.25) is 0 Å². The minimum absolute atomic E-state index is 0.254. The lowest BCUT2D eigenvalue weighted by molar-refractivity contribution is -0.140. The van der Waals surface area contributed by atoms with Crippen LogP contribution in [0.1, 0.15) is 24.5 Å². The largest absolute Gasteiger partial charge is 0.491 e. The van der Waals surface area contributed by atoms with Gasteiger partial charge in [0.15, 0.2) is 5.96 Å². The first kappa shape index (κ1) is 20.8. The number of nitrogens with zero attached hydrogens (tertiary/aromatic N) is 1. The average Bonchev–Trinajstić information content (AvgIpc) is 2.60. The molecule has 2 N–H and O–H groups in total. The fourth-order valence-electron chi connectivity index (χ4n) is 2.05. The van der Waals surface area contributed by atoms with E-state index < -0.39 is 0 Å². The predicted molar refractivity (Wildman–Crippen MR) is 98.0 cm³/mol. The SMILES string of the molecule is CCNC(=NCc1ccc(C)cc1OCCOC)NCCC(=O)OC. The summed E-state index contributed by atoms with van der Waals surface area (Å²) in [6, 6.07) is 6.04. The molecular formula is C18H29N3O4. The zero-order chi connectivity index (χ0) is 18.5. The Morgan fingerprint density at radius 2 is 2.00 bits per heavy atom. The molecule has 1 aromatic carbocycles. The number of guanidine groups is 1. The van der Waals surface area contributed by atoms with Crippen LogP contribution in [0, 0.1) is 6.92 Å². The maximum atomic E-state index is 11.2. The van der Waals surface area contributed by atoms with Gasteiger partial charge in [0, 0.05) is 25.8 Å². The second kappa shape index (κ2) is 12.1. The number of aliphatic imine (C=N–C) groups is 1. The van der Waals surface area contributed by atoms with Crippen LogP contribution in [0.3, 0.4) is 0 Å². The molecule has 0 aliphatic carbocycles. The fourth-order valence-corrected chi connectivity index (χ4v) is 2.05. The van der Waals surface area contributed by atoms with Crippen LogP contribution in [-0.4, -0.2) is 52.5 Å². The molecule has 0 spiro atoms. The summed E-state index contributed by atoms with van der Waals surface area (Å²) in [7, 11) is 3.03. The average molecular weight is 351 g/mol. The molecule has 140 valence electrons. The molecule has 0 fully saturated rings. The molecule has 0 saturated carbocycles. The van der Waals surface area contributed by atoms with Crippen LogP contribution >= 0.6 is 0 Å². The Labute approximate surface area is 149 Å². The summed E-state index contributed by atoms with van der Waals surface area (Å²) in [5.41, 5.74) is 2.12. The molecule has 0 saturated heterocycles. The molecule has 1 rings (SSSR count). The van der Waals surface area contributed by atoms with Crippen molar-refractivity contribution in [3.8, 4) is 5.75 Å². The van der Waals surface area contributed by atoms with Crippen molar-refractivity contribution in [3.63, 3.8) is 0 Å². The number of rotatable bonds is 10. The van der Waals surface area contributed by atoms with Gasteiger partial charge in [-0.25, -0.2) is 4.99 Å². The summed E-state index contributed by atoms with van der Waals surface area (Å²) in [6.07, 6.45) is 0.289. The number of aryl methyl sites for hydroxylation is 1. The van der Waals surface area contributed by atoms with Crippen molar-refractivity contribution in [2.24, 2.45) is 4.99 Å². The Bertz CT molecular complexity index is 561. The molecule has 0 amide bonds. The third-order valence-corrected chi connectivity index (χ3v) is 3.37. The van der Waals surface area contributed by atoms with E-state index >= 15 is 0 Å². The van der Waals surface area contributed by atoms with Gasteiger partial charge in [-0.2, -0.15) is 0 Å². The van der Waals surface area contributed by atoms with Crippen LogP contribution < -0.4 is 15.4 Å². The van der Waals surface area contributed by atoms with Crippen molar-refractivity contribution < 1.29 is 19.0 Å². The first-order valence-corrected chi connectivity index (χ1v) is 8.41. The van der Waals surface area contributed by atoms with E-state index in [4.69, 9.17) is 9.47 Å². The zero-order valence-electron chi connectivity index (χ0n) is 15.6. The van der Waals surface area contributed by atoms with E-state index in [2.05, 4.69) is 20.4 Å². The minimum atomic E-state index is -0.254. The highest BCUT2D eigenvalue weighted by Crippen LogP contribution is 2.21. The molecule has 0 aliphatic heterocycles. The van der Waals surface area contributed by atoms with Crippen LogP contribution in [0.25, 0.3) is 0 Å². The van der Waals surface area contributed by atoms with Gasteiger partial charge < -0.3 is 24.8 Å². The van der Waals surface area contributed by atoms with Gasteiger partial charge in [0.05, 0.1) is 26.7 Å². The number of hydrogen-bond acceptors (Lipinski definition) is 5. The normalized spacial score (nSPS) is 11.1. The first-order valence-electron chi connectivity index (χ1n) is 8.41. The van der Waals surface area contributed by atoms with Crippen LogP contribution in [0.4, 0.5) is 0 Å². The summed E-state index contributed by atoms with van der Waals surface area (Å²) < 4.78 is 15.4. The van der Waals surface area contributed by atoms with Gasteiger partial charge in [-0.3, -0.25) is 4.79 Å². The molecule has 7 nitrogen and oxygen atoms in total. The molecule has 7 heteroatoms. The van der Waals surface area contributed by atoms with Gasteiger partial charge >= 0.3 is 5.97 Å². The molecule has 0 radical (unpaired) electrons. The Kier molecular flexibility index (Phi) is 10.1. The van der Waals surface area contributed by atoms with Crippen molar-refractivity contribution in [2.45, 2.75) is 26.8 Å². The van der Waals surface area contributed by atoms with Crippen molar-refractivity contribution in [3.05, 3.63) is 29.3 Å². The highest BCUT2D eigenvalue weighted by atomic mass is 16.5. The van der Waals surface area contributed by atoms with Gasteiger partial charge in [-0.05, 0) is 25.5 Å². The molecule has 0 bridgehead atoms. The van der Waals surface area contributed by atoms with Gasteiger partial charge in [-0.15, -0.1) is 0 Å². The minimum Gasteiger partial charge on any atom is -0.491 e. The molecule has 0 heterocycles. The Morgan fingerprint density at radius 3 is 2.68 bits per heavy atom. The first-order chi connectivity index (χ1) is 12.1. The fraction of sp³-hybridized carbons (Fsp3) is 0.556. The topological polar surface area (TPSA) is 81.2 Å². The Hall–Kier alpha value is -2.28. The number of carbonyl (C=O) groups is 1. The second-order valence-corrected chi connectivity index (χ2v) is 5.40. The third kappa shape index (κ3) is 8.39. The molecule has 0 atom stereocenters. The molecule has 0 aromatic heterocycles. The number of esters is 1. The predicted octanol–water partition coefficient (Wildman–Crippen LogP) is 1.64. The van der Waals surface area contributed by atoms with Crippen LogP contribution in [0.15, 0.2) is 23.2 Å². The van der Waals surface area contributed by atoms with Gasteiger partial charge in [0.25, 0.3) is 0 Å². The number of nitrogens with one attached hydrogen (secondary N) is 2. The number of carbonyl (C=O) groups excluding carboxylic acids is 1. The van der Waals surface area contributed by atoms with Gasteiger partial charge in [0.1, 0.15) is 12.4 Å². The lowest BCUT2D eigenvalue weighted by Gasteiger charge is -2.13. The van der Waals surface area contributed by atoms with Crippen LogP contribution in [0.2, 0.25) is 0 Å². The summed E-state index contributed by atoms with van der Waals surface area (Å²) in [4.78, 5) is 15.7. The van der Waals surface area contributed by atoms with Crippen LogP contribution in [-0.2, 0) is 20.8 Å². The molecule has 0 unspecified atom stereocenters. The van der Waals surface area contributed by atoms with E-state index in [-0.39, 0.29) is 12.4 Å². The number of methoxy groups -OCH3 is 2. The maximum Gasteiger partial charge on any atom is 0.307 e. The lowest BCUT2D eigenvalue weighted by atomic mass is 10.1. The number of benzene rings is 1. The summed E-state index contributed by atoms with van der Waals surface area (Å²) >= 11 is 0. The molecule has 0 aliphatic rings. The number of hydrogen-bond donors (Lipinski definition) is 2. The Balaban J connectivity index is 2.71. The zero-order valence-corrected chi connectivity index (χ0v) is 15.6. The van der Waals surface area contributed by atoms with Crippen molar-refractivity contribution in [1.82, 2.24) is 10.6 Å². The summed E-state index contributed by atoms with van der Waals surface area (Å²) in [5, 5.41) is 6.27. The second-order valence-electron chi connectivity index (χ2n) is 5.40. The van der Waals surface area contributed by atoms with E-state index in [0.717, 1.165) is 23.4 Å². The van der Waals surface area contributed by atoms with E-state index in [9.17, 15) is 4.79 Å². The smallest absolute Gasteiger partial charge is 0.307 e. The number of ether oxygens (including phenoxy) is 3. The van der Waals surface area contributed by atoms with Crippen molar-refractivity contribution >= 4 is 11.9 Å². The molecular weight excluding hydrogens is 322 g/mol. The molecule has 1 aromatic rings. The Morgan fingerprint density at radius 1 is 1.20 bits per heavy atom. The quantitative estimate of drug-likeness (QED) is 0.289. The van der Waals surface area contributed by atoms with E-state index in [1.807, 2.05) is 32.0 Å². The van der Waals surface area contributed by atoms with E-state index in [0.29, 0.717) is 32.3 Å². The third-order valence-electron chi connectivity index (χ3n) is 3.37. The highest BCUT2D eigenvalue weighted by Gasteiger charge is 2.06. The van der Waals surface area contributed by atoms with Crippen molar-refractivity contribution in [1.29, 1.82) is 0 Å².